The van der Waals surface area contributed by atoms with E-state index in [1.54, 1.807) is 25.1 Å². The third kappa shape index (κ3) is 2.15. The third-order valence-electron chi connectivity index (χ3n) is 1.91. The number of allylic oxidation sites excluding steroid dienone is 2. The van der Waals surface area contributed by atoms with Crippen LogP contribution in [0, 0.1) is 6.92 Å². The fourth-order valence-corrected chi connectivity index (χ4v) is 0.999. The van der Waals surface area contributed by atoms with Crippen LogP contribution in [0.25, 0.3) is 5.57 Å². The zero-order valence-electron chi connectivity index (χ0n) is 7.71. The molecule has 0 spiro atoms. The Balaban J connectivity index is 3.37. The first-order chi connectivity index (χ1) is 6.15. The monoisotopic (exact) mass is 172 g/mol. The Morgan fingerprint density at radius 1 is 1.46 bits per heavy atom. The molecule has 0 saturated heterocycles. The van der Waals surface area contributed by atoms with Crippen molar-refractivity contribution in [2.45, 2.75) is 6.92 Å². The molecule has 0 unspecified atom stereocenters. The van der Waals surface area contributed by atoms with Gasteiger partial charge in [0.15, 0.2) is 5.43 Å². The van der Waals surface area contributed by atoms with Crippen molar-refractivity contribution in [1.29, 1.82) is 0 Å². The second-order valence-electron chi connectivity index (χ2n) is 2.90. The molecule has 0 N–H and O–H groups in total. The highest BCUT2D eigenvalue weighted by atomic mass is 16.1. The minimum absolute atomic E-state index is 0.0306. The van der Waals surface area contributed by atoms with Crippen molar-refractivity contribution in [3.05, 3.63) is 64.8 Å². The SMILES string of the molecule is C=CC(=C)c1cccc(C)c(=O)c1. The largest absolute Gasteiger partial charge is 0.290 e. The summed E-state index contributed by atoms with van der Waals surface area (Å²) in [6, 6.07) is 7.08. The Hall–Kier alpha value is -1.63. The highest BCUT2D eigenvalue weighted by Gasteiger charge is 1.95. The first-order valence-corrected chi connectivity index (χ1v) is 4.08. The lowest BCUT2D eigenvalue weighted by Crippen LogP contribution is -1.98. The predicted octanol–water partition coefficient (Wildman–Crippen LogP) is 2.55. The fraction of sp³-hybridized carbons (Fsp3) is 0.0833. The summed E-state index contributed by atoms with van der Waals surface area (Å²) >= 11 is 0. The summed E-state index contributed by atoms with van der Waals surface area (Å²) in [7, 11) is 0. The smallest absolute Gasteiger partial charge is 0.182 e. The van der Waals surface area contributed by atoms with Crippen LogP contribution in [0.5, 0.6) is 0 Å². The number of hydrogen-bond donors (Lipinski definition) is 0. The quantitative estimate of drug-likeness (QED) is 0.626. The first-order valence-electron chi connectivity index (χ1n) is 4.08. The van der Waals surface area contributed by atoms with Crippen molar-refractivity contribution < 1.29 is 0 Å². The second-order valence-corrected chi connectivity index (χ2v) is 2.90. The van der Waals surface area contributed by atoms with Crippen LogP contribution in [0.2, 0.25) is 0 Å². The van der Waals surface area contributed by atoms with Gasteiger partial charge >= 0.3 is 0 Å². The normalized spacial score (nSPS) is 9.31. The van der Waals surface area contributed by atoms with Crippen LogP contribution in [0.4, 0.5) is 0 Å². The molecule has 13 heavy (non-hydrogen) atoms. The first kappa shape index (κ1) is 9.46. The topological polar surface area (TPSA) is 17.1 Å². The van der Waals surface area contributed by atoms with Crippen LogP contribution in [0.3, 0.4) is 0 Å². The van der Waals surface area contributed by atoms with Crippen LogP contribution in [-0.4, -0.2) is 0 Å². The van der Waals surface area contributed by atoms with Gasteiger partial charge in [-0.3, -0.25) is 4.79 Å². The van der Waals surface area contributed by atoms with E-state index in [-0.39, 0.29) is 5.43 Å². The van der Waals surface area contributed by atoms with Gasteiger partial charge in [0.2, 0.25) is 0 Å². The number of aryl methyl sites for hydroxylation is 1. The molecule has 1 aromatic rings. The van der Waals surface area contributed by atoms with E-state index in [9.17, 15) is 4.79 Å². The van der Waals surface area contributed by atoms with Crippen molar-refractivity contribution in [1.82, 2.24) is 0 Å². The Labute approximate surface area is 78.0 Å². The van der Waals surface area contributed by atoms with E-state index in [2.05, 4.69) is 13.2 Å². The maximum atomic E-state index is 11.4. The van der Waals surface area contributed by atoms with Crippen LogP contribution in [0.1, 0.15) is 11.1 Å². The number of rotatable bonds is 2. The van der Waals surface area contributed by atoms with Crippen molar-refractivity contribution in [3.8, 4) is 0 Å². The lowest BCUT2D eigenvalue weighted by molar-refractivity contribution is 1.43. The highest BCUT2D eigenvalue weighted by molar-refractivity contribution is 5.70. The van der Waals surface area contributed by atoms with Gasteiger partial charge in [-0.15, -0.1) is 0 Å². The molecular weight excluding hydrogens is 160 g/mol. The molecule has 1 rings (SSSR count). The van der Waals surface area contributed by atoms with E-state index >= 15 is 0 Å². The summed E-state index contributed by atoms with van der Waals surface area (Å²) in [4.78, 5) is 11.4. The molecule has 0 fully saturated rings. The van der Waals surface area contributed by atoms with Crippen molar-refractivity contribution in [3.63, 3.8) is 0 Å². The third-order valence-corrected chi connectivity index (χ3v) is 1.91. The molecule has 1 heteroatoms. The lowest BCUT2D eigenvalue weighted by atomic mass is 10.1. The van der Waals surface area contributed by atoms with E-state index in [0.29, 0.717) is 0 Å². The Morgan fingerprint density at radius 3 is 2.77 bits per heavy atom. The molecule has 0 radical (unpaired) electrons. The maximum Gasteiger partial charge on any atom is 0.182 e. The van der Waals surface area contributed by atoms with Gasteiger partial charge in [0.05, 0.1) is 0 Å². The summed E-state index contributed by atoms with van der Waals surface area (Å²) in [6.07, 6.45) is 1.64. The molecule has 0 amide bonds. The van der Waals surface area contributed by atoms with Gasteiger partial charge in [-0.25, -0.2) is 0 Å². The average molecular weight is 172 g/mol. The van der Waals surface area contributed by atoms with Gasteiger partial charge in [0.25, 0.3) is 0 Å². The molecule has 0 aromatic heterocycles. The second kappa shape index (κ2) is 3.85. The van der Waals surface area contributed by atoms with Crippen LogP contribution >= 0.6 is 0 Å². The van der Waals surface area contributed by atoms with E-state index in [1.807, 2.05) is 12.1 Å². The molecule has 0 heterocycles. The van der Waals surface area contributed by atoms with Crippen LogP contribution < -0.4 is 5.43 Å². The molecule has 0 aliphatic rings. The summed E-state index contributed by atoms with van der Waals surface area (Å²) in [5.41, 5.74) is 2.37. The molecule has 1 nitrogen and oxygen atoms in total. The molecule has 0 aliphatic carbocycles. The van der Waals surface area contributed by atoms with Crippen LogP contribution in [0.15, 0.2) is 48.3 Å². The van der Waals surface area contributed by atoms with Gasteiger partial charge in [0.1, 0.15) is 0 Å². The summed E-state index contributed by atoms with van der Waals surface area (Å²) in [5, 5.41) is 0. The maximum absolute atomic E-state index is 11.4. The molecule has 0 saturated carbocycles. The Kier molecular flexibility index (Phi) is 2.80. The van der Waals surface area contributed by atoms with E-state index < -0.39 is 0 Å². The van der Waals surface area contributed by atoms with Crippen molar-refractivity contribution in [2.24, 2.45) is 0 Å². The molecule has 1 aromatic carbocycles. The molecule has 0 atom stereocenters. The van der Waals surface area contributed by atoms with Gasteiger partial charge in [-0.05, 0) is 29.7 Å². The Morgan fingerprint density at radius 2 is 2.15 bits per heavy atom. The summed E-state index contributed by atoms with van der Waals surface area (Å²) < 4.78 is 0. The van der Waals surface area contributed by atoms with E-state index in [4.69, 9.17) is 0 Å². The predicted molar refractivity (Wildman–Crippen MR) is 56.7 cm³/mol. The minimum Gasteiger partial charge on any atom is -0.290 e. The molecule has 0 bridgehead atoms. The van der Waals surface area contributed by atoms with Gasteiger partial charge < -0.3 is 0 Å². The summed E-state index contributed by atoms with van der Waals surface area (Å²) in [6.45, 7) is 9.19. The molecule has 66 valence electrons. The minimum atomic E-state index is 0.0306. The lowest BCUT2D eigenvalue weighted by Gasteiger charge is -1.93. The molecule has 0 aliphatic heterocycles. The number of hydrogen-bond acceptors (Lipinski definition) is 1. The van der Waals surface area contributed by atoms with Gasteiger partial charge in [-0.2, -0.15) is 0 Å². The summed E-state index contributed by atoms with van der Waals surface area (Å²) in [5.74, 6) is 0. The molecular formula is C12H12O. The zero-order valence-corrected chi connectivity index (χ0v) is 7.71. The van der Waals surface area contributed by atoms with E-state index in [0.717, 1.165) is 16.7 Å². The van der Waals surface area contributed by atoms with Crippen molar-refractivity contribution in [2.75, 3.05) is 0 Å². The standard InChI is InChI=1S/C12H12O/c1-4-9(2)11-7-5-6-10(3)12(13)8-11/h4-8H,1-2H2,3H3. The van der Waals surface area contributed by atoms with Gasteiger partial charge in [-0.1, -0.05) is 37.4 Å². The van der Waals surface area contributed by atoms with E-state index in [1.165, 1.54) is 0 Å². The van der Waals surface area contributed by atoms with Crippen LogP contribution in [-0.2, 0) is 0 Å². The average Bonchev–Trinajstić information content (AvgIpc) is 2.28. The Bertz CT molecular complexity index is 402. The zero-order chi connectivity index (χ0) is 9.84. The fourth-order valence-electron chi connectivity index (χ4n) is 0.999. The van der Waals surface area contributed by atoms with Crippen molar-refractivity contribution >= 4 is 5.57 Å². The highest BCUT2D eigenvalue weighted by Crippen LogP contribution is 2.09. The van der Waals surface area contributed by atoms with Gasteiger partial charge in [0, 0.05) is 0 Å².